The summed E-state index contributed by atoms with van der Waals surface area (Å²) in [6, 6.07) is 2.35. The Labute approximate surface area is 119 Å². The highest BCUT2D eigenvalue weighted by Crippen LogP contribution is 2.34. The molecular formula is C16H32N2O. The number of piperidine rings is 2. The van der Waals surface area contributed by atoms with Gasteiger partial charge in [0, 0.05) is 31.3 Å². The molecule has 2 heterocycles. The molecule has 2 aliphatic rings. The second-order valence-corrected chi connectivity index (χ2v) is 6.32. The Bertz CT molecular complexity index is 245. The average Bonchev–Trinajstić information content (AvgIpc) is 2.37. The third kappa shape index (κ3) is 4.17. The van der Waals surface area contributed by atoms with Gasteiger partial charge in [-0.15, -0.1) is 0 Å². The number of hydrogen-bond acceptors (Lipinski definition) is 3. The van der Waals surface area contributed by atoms with E-state index in [2.05, 4.69) is 31.0 Å². The Balaban J connectivity index is 1.88. The van der Waals surface area contributed by atoms with Gasteiger partial charge in [0.1, 0.15) is 0 Å². The molecule has 3 heteroatoms. The molecule has 0 spiro atoms. The van der Waals surface area contributed by atoms with Crippen LogP contribution in [0.15, 0.2) is 0 Å². The van der Waals surface area contributed by atoms with Crippen molar-refractivity contribution in [2.75, 3.05) is 19.7 Å². The van der Waals surface area contributed by atoms with Crippen LogP contribution in [-0.4, -0.2) is 48.8 Å². The Hall–Kier alpha value is -0.120. The minimum absolute atomic E-state index is 0.383. The first kappa shape index (κ1) is 15.3. The van der Waals surface area contributed by atoms with Gasteiger partial charge in [0.05, 0.1) is 6.10 Å². The van der Waals surface area contributed by atoms with E-state index < -0.39 is 0 Å². The van der Waals surface area contributed by atoms with E-state index in [4.69, 9.17) is 4.74 Å². The third-order valence-electron chi connectivity index (χ3n) is 4.73. The van der Waals surface area contributed by atoms with Crippen molar-refractivity contribution in [2.24, 2.45) is 0 Å². The average molecular weight is 268 g/mol. The van der Waals surface area contributed by atoms with E-state index in [1.165, 1.54) is 45.1 Å². The van der Waals surface area contributed by atoms with Crippen LogP contribution in [0.25, 0.3) is 0 Å². The van der Waals surface area contributed by atoms with Gasteiger partial charge >= 0.3 is 0 Å². The van der Waals surface area contributed by atoms with Gasteiger partial charge in [-0.3, -0.25) is 4.90 Å². The lowest BCUT2D eigenvalue weighted by atomic mass is 9.81. The first-order valence-electron chi connectivity index (χ1n) is 8.35. The van der Waals surface area contributed by atoms with E-state index >= 15 is 0 Å². The molecule has 0 amide bonds. The van der Waals surface area contributed by atoms with Crippen molar-refractivity contribution in [3.8, 4) is 0 Å². The van der Waals surface area contributed by atoms with Crippen LogP contribution in [0.2, 0.25) is 0 Å². The number of hydrogen-bond donors (Lipinski definition) is 1. The maximum Gasteiger partial charge on any atom is 0.0673 e. The summed E-state index contributed by atoms with van der Waals surface area (Å²) in [5, 5.41) is 3.74. The lowest BCUT2D eigenvalue weighted by Gasteiger charge is -2.49. The molecule has 3 atom stereocenters. The molecule has 0 aliphatic carbocycles. The smallest absolute Gasteiger partial charge is 0.0673 e. The van der Waals surface area contributed by atoms with Crippen molar-refractivity contribution >= 4 is 0 Å². The van der Waals surface area contributed by atoms with Gasteiger partial charge < -0.3 is 10.1 Å². The maximum absolute atomic E-state index is 5.74. The summed E-state index contributed by atoms with van der Waals surface area (Å²) in [5.41, 5.74) is 0. The highest BCUT2D eigenvalue weighted by atomic mass is 16.5. The molecule has 3 unspecified atom stereocenters. The summed E-state index contributed by atoms with van der Waals surface area (Å²) >= 11 is 0. The largest absolute Gasteiger partial charge is 0.377 e. The Morgan fingerprint density at radius 3 is 2.47 bits per heavy atom. The molecule has 3 nitrogen and oxygen atoms in total. The second-order valence-electron chi connectivity index (χ2n) is 6.32. The van der Waals surface area contributed by atoms with Crippen LogP contribution in [0.5, 0.6) is 0 Å². The topological polar surface area (TPSA) is 24.5 Å². The molecule has 19 heavy (non-hydrogen) atoms. The minimum Gasteiger partial charge on any atom is -0.377 e. The van der Waals surface area contributed by atoms with Crippen LogP contribution in [0.4, 0.5) is 0 Å². The van der Waals surface area contributed by atoms with Crippen molar-refractivity contribution in [3.63, 3.8) is 0 Å². The molecule has 1 N–H and O–H groups in total. The van der Waals surface area contributed by atoms with Gasteiger partial charge in [0.15, 0.2) is 0 Å². The highest BCUT2D eigenvalue weighted by Gasteiger charge is 2.38. The summed E-state index contributed by atoms with van der Waals surface area (Å²) < 4.78 is 5.74. The molecular weight excluding hydrogens is 236 g/mol. The van der Waals surface area contributed by atoms with Gasteiger partial charge in [-0.2, -0.15) is 0 Å². The third-order valence-corrected chi connectivity index (χ3v) is 4.73. The van der Waals surface area contributed by atoms with Gasteiger partial charge in [-0.1, -0.05) is 13.3 Å². The first-order valence-corrected chi connectivity index (χ1v) is 8.35. The van der Waals surface area contributed by atoms with E-state index in [1.54, 1.807) is 0 Å². The van der Waals surface area contributed by atoms with Crippen molar-refractivity contribution in [1.29, 1.82) is 0 Å². The van der Waals surface area contributed by atoms with Crippen LogP contribution in [0.3, 0.4) is 0 Å². The summed E-state index contributed by atoms with van der Waals surface area (Å²) in [6.07, 6.45) is 8.52. The van der Waals surface area contributed by atoms with Crippen LogP contribution in [-0.2, 0) is 4.74 Å². The fraction of sp³-hybridized carbons (Fsp3) is 1.00. The number of rotatable bonds is 7. The van der Waals surface area contributed by atoms with Gasteiger partial charge in [0.2, 0.25) is 0 Å². The van der Waals surface area contributed by atoms with Crippen LogP contribution < -0.4 is 5.32 Å². The summed E-state index contributed by atoms with van der Waals surface area (Å²) in [6.45, 7) is 9.72. The van der Waals surface area contributed by atoms with Crippen molar-refractivity contribution in [1.82, 2.24) is 10.2 Å². The zero-order valence-corrected chi connectivity index (χ0v) is 13.0. The molecule has 0 aromatic heterocycles. The zero-order chi connectivity index (χ0) is 13.7. The van der Waals surface area contributed by atoms with Crippen LogP contribution in [0, 0.1) is 0 Å². The summed E-state index contributed by atoms with van der Waals surface area (Å²) in [4.78, 5) is 2.76. The molecule has 0 aromatic carbocycles. The molecule has 0 saturated carbocycles. The van der Waals surface area contributed by atoms with E-state index in [0.717, 1.165) is 31.3 Å². The second kappa shape index (κ2) is 7.61. The number of nitrogens with zero attached hydrogens (tertiary/aromatic N) is 1. The SMILES string of the molecule is CCCNC1CC2CCCC(C1)N2CC(C)OCC. The molecule has 2 fully saturated rings. The first-order chi connectivity index (χ1) is 9.24. The van der Waals surface area contributed by atoms with Gasteiger partial charge in [-0.05, 0) is 52.5 Å². The van der Waals surface area contributed by atoms with E-state index in [0.29, 0.717) is 6.10 Å². The minimum atomic E-state index is 0.383. The monoisotopic (exact) mass is 268 g/mol. The van der Waals surface area contributed by atoms with Gasteiger partial charge in [-0.25, -0.2) is 0 Å². The zero-order valence-electron chi connectivity index (χ0n) is 13.0. The number of ether oxygens (including phenoxy) is 1. The lowest BCUT2D eigenvalue weighted by molar-refractivity contribution is -0.0265. The Morgan fingerprint density at radius 2 is 1.89 bits per heavy atom. The molecule has 2 bridgehead atoms. The van der Waals surface area contributed by atoms with Crippen molar-refractivity contribution < 1.29 is 4.74 Å². The summed E-state index contributed by atoms with van der Waals surface area (Å²) in [5.74, 6) is 0. The number of fused-ring (bicyclic) bond motifs is 2. The standard InChI is InChI=1S/C16H32N2O/c1-4-9-17-14-10-15-7-6-8-16(11-14)18(15)12-13(3)19-5-2/h13-17H,4-12H2,1-3H3. The molecule has 2 rings (SSSR count). The van der Waals surface area contributed by atoms with Crippen LogP contribution >= 0.6 is 0 Å². The van der Waals surface area contributed by atoms with E-state index in [1.807, 2.05) is 0 Å². The predicted molar refractivity (Wildman–Crippen MR) is 80.5 cm³/mol. The number of nitrogens with one attached hydrogen (secondary N) is 1. The highest BCUT2D eigenvalue weighted by molar-refractivity contribution is 4.95. The quantitative estimate of drug-likeness (QED) is 0.768. The fourth-order valence-electron chi connectivity index (χ4n) is 3.93. The van der Waals surface area contributed by atoms with E-state index in [9.17, 15) is 0 Å². The van der Waals surface area contributed by atoms with Gasteiger partial charge in [0.25, 0.3) is 0 Å². The maximum atomic E-state index is 5.74. The molecule has 0 radical (unpaired) electrons. The lowest BCUT2D eigenvalue weighted by Crippen LogP contribution is -2.57. The molecule has 2 aliphatic heterocycles. The van der Waals surface area contributed by atoms with E-state index in [-0.39, 0.29) is 0 Å². The predicted octanol–water partition coefficient (Wildman–Crippen LogP) is 2.80. The van der Waals surface area contributed by atoms with Crippen LogP contribution in [0.1, 0.15) is 59.3 Å². The Kier molecular flexibility index (Phi) is 6.11. The molecule has 2 saturated heterocycles. The van der Waals surface area contributed by atoms with Crippen molar-refractivity contribution in [2.45, 2.75) is 83.5 Å². The fourth-order valence-corrected chi connectivity index (χ4v) is 3.93. The summed E-state index contributed by atoms with van der Waals surface area (Å²) in [7, 11) is 0. The normalized spacial score (nSPS) is 33.3. The molecule has 112 valence electrons. The van der Waals surface area contributed by atoms with Crippen molar-refractivity contribution in [3.05, 3.63) is 0 Å². The molecule has 0 aromatic rings. The Morgan fingerprint density at radius 1 is 1.21 bits per heavy atom.